The summed E-state index contributed by atoms with van der Waals surface area (Å²) in [6.07, 6.45) is 7.71. The second kappa shape index (κ2) is 4.05. The largest absolute Gasteiger partial charge is 0.265 e. The minimum atomic E-state index is 1.04. The van der Waals surface area contributed by atoms with Crippen LogP contribution < -0.4 is 0 Å². The third-order valence-corrected chi connectivity index (χ3v) is 2.08. The lowest BCUT2D eigenvalue weighted by atomic mass is 10.3. The van der Waals surface area contributed by atoms with E-state index in [1.54, 1.807) is 12.4 Å². The number of aromatic nitrogens is 3. The minimum absolute atomic E-state index is 1.04. The van der Waals surface area contributed by atoms with Crippen LogP contribution in [0.4, 0.5) is 0 Å². The topological polar surface area (TPSA) is 30.7 Å². The lowest BCUT2D eigenvalue weighted by molar-refractivity contribution is 0.806. The van der Waals surface area contributed by atoms with Crippen molar-refractivity contribution in [3.05, 3.63) is 42.5 Å². The van der Waals surface area contributed by atoms with Gasteiger partial charge in [-0.2, -0.15) is 5.10 Å². The first-order valence-corrected chi connectivity index (χ1v) is 4.85. The summed E-state index contributed by atoms with van der Waals surface area (Å²) in [6.45, 7) is 2.16. The predicted molar refractivity (Wildman–Crippen MR) is 55.4 cm³/mol. The number of hydrogen-bond acceptors (Lipinski definition) is 2. The van der Waals surface area contributed by atoms with E-state index in [4.69, 9.17) is 0 Å². The number of rotatable bonds is 3. The smallest absolute Gasteiger partial charge is 0.0676 e. The molecular formula is C11H13N3. The van der Waals surface area contributed by atoms with Crippen LogP contribution in [0.3, 0.4) is 0 Å². The highest BCUT2D eigenvalue weighted by Crippen LogP contribution is 2.06. The second-order valence-corrected chi connectivity index (χ2v) is 3.21. The average molecular weight is 187 g/mol. The van der Waals surface area contributed by atoms with E-state index in [2.05, 4.69) is 23.1 Å². The highest BCUT2D eigenvalue weighted by molar-refractivity contribution is 5.27. The van der Waals surface area contributed by atoms with E-state index in [9.17, 15) is 0 Å². The van der Waals surface area contributed by atoms with Gasteiger partial charge in [-0.25, -0.2) is 4.68 Å². The van der Waals surface area contributed by atoms with Gasteiger partial charge in [-0.15, -0.1) is 0 Å². The summed E-state index contributed by atoms with van der Waals surface area (Å²) in [7, 11) is 0. The summed E-state index contributed by atoms with van der Waals surface area (Å²) in [5, 5.41) is 4.46. The molecule has 0 saturated heterocycles. The molecule has 0 atom stereocenters. The normalized spacial score (nSPS) is 10.4. The molecule has 2 aromatic rings. The zero-order chi connectivity index (χ0) is 9.80. The highest BCUT2D eigenvalue weighted by atomic mass is 15.3. The van der Waals surface area contributed by atoms with Crippen LogP contribution >= 0.6 is 0 Å². The highest BCUT2D eigenvalue weighted by Gasteiger charge is 1.98. The van der Waals surface area contributed by atoms with Crippen molar-refractivity contribution in [2.45, 2.75) is 19.8 Å². The molecule has 0 unspecified atom stereocenters. The molecule has 0 saturated carbocycles. The summed E-state index contributed by atoms with van der Waals surface area (Å²) in [4.78, 5) is 3.97. The quantitative estimate of drug-likeness (QED) is 0.737. The molecule has 0 aliphatic heterocycles. The van der Waals surface area contributed by atoms with E-state index in [1.165, 1.54) is 0 Å². The van der Waals surface area contributed by atoms with Gasteiger partial charge in [0.2, 0.25) is 0 Å². The van der Waals surface area contributed by atoms with E-state index < -0.39 is 0 Å². The third kappa shape index (κ3) is 1.82. The fourth-order valence-corrected chi connectivity index (χ4v) is 1.39. The van der Waals surface area contributed by atoms with Gasteiger partial charge in [0.15, 0.2) is 0 Å². The maximum Gasteiger partial charge on any atom is 0.0676 e. The average Bonchev–Trinajstić information content (AvgIpc) is 2.68. The molecular weight excluding hydrogens is 174 g/mol. The molecule has 3 nitrogen and oxygen atoms in total. The van der Waals surface area contributed by atoms with Crippen molar-refractivity contribution < 1.29 is 0 Å². The molecule has 2 aromatic heterocycles. The van der Waals surface area contributed by atoms with Crippen LogP contribution in [0.1, 0.15) is 19.0 Å². The van der Waals surface area contributed by atoms with Crippen molar-refractivity contribution in [2.75, 3.05) is 0 Å². The monoisotopic (exact) mass is 187 g/mol. The number of aryl methyl sites for hydroxylation is 1. The molecule has 0 bridgehead atoms. The summed E-state index contributed by atoms with van der Waals surface area (Å²) in [5.74, 6) is 0. The summed E-state index contributed by atoms with van der Waals surface area (Å²) in [5.41, 5.74) is 2.20. The molecule has 2 rings (SSSR count). The van der Waals surface area contributed by atoms with Crippen LogP contribution in [0.25, 0.3) is 5.69 Å². The first kappa shape index (κ1) is 8.94. The van der Waals surface area contributed by atoms with Crippen LogP contribution in [-0.4, -0.2) is 14.8 Å². The lowest BCUT2D eigenvalue weighted by Gasteiger charge is -1.98. The van der Waals surface area contributed by atoms with Crippen molar-refractivity contribution in [2.24, 2.45) is 0 Å². The Labute approximate surface area is 83.4 Å². The van der Waals surface area contributed by atoms with Crippen molar-refractivity contribution in [3.8, 4) is 5.69 Å². The van der Waals surface area contributed by atoms with Gasteiger partial charge in [-0.1, -0.05) is 13.3 Å². The van der Waals surface area contributed by atoms with Gasteiger partial charge in [0.25, 0.3) is 0 Å². The molecule has 0 aliphatic rings. The molecule has 0 aliphatic carbocycles. The van der Waals surface area contributed by atoms with Crippen molar-refractivity contribution in [1.29, 1.82) is 0 Å². The lowest BCUT2D eigenvalue weighted by Crippen LogP contribution is -1.95. The van der Waals surface area contributed by atoms with E-state index in [1.807, 2.05) is 23.0 Å². The Morgan fingerprint density at radius 1 is 1.21 bits per heavy atom. The summed E-state index contributed by atoms with van der Waals surface area (Å²) in [6, 6.07) is 5.95. The maximum absolute atomic E-state index is 4.46. The Hall–Kier alpha value is -1.64. The molecule has 3 heteroatoms. The van der Waals surface area contributed by atoms with E-state index in [-0.39, 0.29) is 0 Å². The molecule has 14 heavy (non-hydrogen) atoms. The molecule has 0 N–H and O–H groups in total. The van der Waals surface area contributed by atoms with Crippen LogP contribution in [0.15, 0.2) is 36.8 Å². The van der Waals surface area contributed by atoms with Gasteiger partial charge in [-0.3, -0.25) is 4.98 Å². The van der Waals surface area contributed by atoms with Crippen LogP contribution in [0, 0.1) is 0 Å². The summed E-state index contributed by atoms with van der Waals surface area (Å²) >= 11 is 0. The van der Waals surface area contributed by atoms with Gasteiger partial charge >= 0.3 is 0 Å². The molecule has 0 aromatic carbocycles. The molecule has 0 amide bonds. The van der Waals surface area contributed by atoms with Crippen molar-refractivity contribution >= 4 is 0 Å². The van der Waals surface area contributed by atoms with Gasteiger partial charge < -0.3 is 0 Å². The molecule has 0 radical (unpaired) electrons. The van der Waals surface area contributed by atoms with Crippen LogP contribution in [0.2, 0.25) is 0 Å². The second-order valence-electron chi connectivity index (χ2n) is 3.21. The number of nitrogens with zero attached hydrogens (tertiary/aromatic N) is 3. The zero-order valence-electron chi connectivity index (χ0n) is 8.22. The number of pyridine rings is 1. The first-order valence-electron chi connectivity index (χ1n) is 4.85. The SMILES string of the molecule is CCCc1ccn(-c2ccncc2)n1. The predicted octanol–water partition coefficient (Wildman–Crippen LogP) is 2.22. The van der Waals surface area contributed by atoms with Gasteiger partial charge in [0, 0.05) is 18.6 Å². The Morgan fingerprint density at radius 3 is 2.71 bits per heavy atom. The molecule has 2 heterocycles. The van der Waals surface area contributed by atoms with Crippen LogP contribution in [-0.2, 0) is 6.42 Å². The van der Waals surface area contributed by atoms with Crippen molar-refractivity contribution in [1.82, 2.24) is 14.8 Å². The minimum Gasteiger partial charge on any atom is -0.265 e. The Bertz CT molecular complexity index is 392. The Kier molecular flexibility index (Phi) is 2.58. The van der Waals surface area contributed by atoms with Gasteiger partial charge in [0.05, 0.1) is 11.4 Å². The fraction of sp³-hybridized carbons (Fsp3) is 0.273. The van der Waals surface area contributed by atoms with Crippen molar-refractivity contribution in [3.63, 3.8) is 0 Å². The van der Waals surface area contributed by atoms with E-state index >= 15 is 0 Å². The van der Waals surface area contributed by atoms with Gasteiger partial charge in [-0.05, 0) is 24.6 Å². The molecule has 72 valence electrons. The molecule has 0 spiro atoms. The third-order valence-electron chi connectivity index (χ3n) is 2.08. The Balaban J connectivity index is 2.25. The van der Waals surface area contributed by atoms with Crippen LogP contribution in [0.5, 0.6) is 0 Å². The number of hydrogen-bond donors (Lipinski definition) is 0. The first-order chi connectivity index (χ1) is 6.90. The zero-order valence-corrected chi connectivity index (χ0v) is 8.22. The summed E-state index contributed by atoms with van der Waals surface area (Å²) < 4.78 is 1.88. The van der Waals surface area contributed by atoms with E-state index in [0.717, 1.165) is 24.2 Å². The van der Waals surface area contributed by atoms with E-state index in [0.29, 0.717) is 0 Å². The van der Waals surface area contributed by atoms with Gasteiger partial charge in [0.1, 0.15) is 0 Å². The maximum atomic E-state index is 4.46. The fourth-order valence-electron chi connectivity index (χ4n) is 1.39. The standard InChI is InChI=1S/C11H13N3/c1-2-3-10-6-9-14(13-10)11-4-7-12-8-5-11/h4-9H,2-3H2,1H3. The molecule has 0 fully saturated rings. The Morgan fingerprint density at radius 2 is 2.00 bits per heavy atom.